The molecule has 0 spiro atoms. The molecule has 32 heavy (non-hydrogen) atoms. The van der Waals surface area contributed by atoms with Gasteiger partial charge in [0, 0.05) is 11.8 Å². The Balaban J connectivity index is 1.83. The Kier molecular flexibility index (Phi) is 6.88. The van der Waals surface area contributed by atoms with E-state index in [0.29, 0.717) is 17.3 Å². The number of rotatable bonds is 8. The van der Waals surface area contributed by atoms with Gasteiger partial charge in [0.1, 0.15) is 18.0 Å². The molecule has 1 heterocycles. The Morgan fingerprint density at radius 1 is 1.09 bits per heavy atom. The van der Waals surface area contributed by atoms with Crippen molar-refractivity contribution in [2.24, 2.45) is 5.92 Å². The summed E-state index contributed by atoms with van der Waals surface area (Å²) in [7, 11) is 0. The molecule has 3 rings (SSSR count). The van der Waals surface area contributed by atoms with Crippen molar-refractivity contribution in [2.45, 2.75) is 13.8 Å². The van der Waals surface area contributed by atoms with Crippen LogP contribution in [0.15, 0.2) is 48.8 Å². The summed E-state index contributed by atoms with van der Waals surface area (Å²) in [5, 5.41) is 16.9. The summed E-state index contributed by atoms with van der Waals surface area (Å²) >= 11 is 0. The molecule has 0 saturated carbocycles. The van der Waals surface area contributed by atoms with Gasteiger partial charge in [-0.1, -0.05) is 13.8 Å². The maximum atomic E-state index is 13.9. The molecule has 0 amide bonds. The second kappa shape index (κ2) is 9.77. The Bertz CT molecular complexity index is 1140. The van der Waals surface area contributed by atoms with Crippen LogP contribution < -0.4 is 10.6 Å². The molecule has 0 aliphatic heterocycles. The third-order valence-electron chi connectivity index (χ3n) is 4.12. The summed E-state index contributed by atoms with van der Waals surface area (Å²) in [6.07, 6.45) is 1.05. The summed E-state index contributed by atoms with van der Waals surface area (Å²) in [5.41, 5.74) is -0.00583. The molecular weight excluding hydrogens is 424 g/mol. The largest absolute Gasteiger partial charge is 0.462 e. The lowest BCUT2D eigenvalue weighted by molar-refractivity contribution is -0.383. The minimum Gasteiger partial charge on any atom is -0.462 e. The van der Waals surface area contributed by atoms with Crippen LogP contribution in [0.2, 0.25) is 0 Å². The number of anilines is 4. The topological polar surface area (TPSA) is 119 Å². The first-order valence-corrected chi connectivity index (χ1v) is 9.50. The van der Waals surface area contributed by atoms with Crippen LogP contribution in [0.5, 0.6) is 0 Å². The highest BCUT2D eigenvalue weighted by Crippen LogP contribution is 2.33. The zero-order valence-electron chi connectivity index (χ0n) is 17.1. The predicted molar refractivity (Wildman–Crippen MR) is 113 cm³/mol. The van der Waals surface area contributed by atoms with E-state index in [1.165, 1.54) is 24.3 Å². The van der Waals surface area contributed by atoms with Crippen molar-refractivity contribution in [3.63, 3.8) is 0 Å². The van der Waals surface area contributed by atoms with Gasteiger partial charge < -0.3 is 15.4 Å². The monoisotopic (exact) mass is 443 g/mol. The molecule has 2 aromatic carbocycles. The average molecular weight is 443 g/mol. The molecule has 0 atom stereocenters. The van der Waals surface area contributed by atoms with E-state index in [-0.39, 0.29) is 29.8 Å². The molecular formula is C21H19F2N5O4. The van der Waals surface area contributed by atoms with Crippen LogP contribution in [-0.2, 0) is 4.74 Å². The molecule has 0 aliphatic carbocycles. The Morgan fingerprint density at radius 3 is 2.34 bits per heavy atom. The van der Waals surface area contributed by atoms with Gasteiger partial charge in [0.15, 0.2) is 0 Å². The molecule has 0 bridgehead atoms. The molecule has 0 aliphatic rings. The SMILES string of the molecule is CC(C)COC(=O)c1ccc(Nc2ncnc(Nc3ccc(F)cc3F)c2[N+](=O)[O-])cc1. The van der Waals surface area contributed by atoms with Gasteiger partial charge in [0.2, 0.25) is 11.6 Å². The number of ether oxygens (including phenoxy) is 1. The number of carbonyl (C=O) groups is 1. The van der Waals surface area contributed by atoms with Gasteiger partial charge in [-0.05, 0) is 42.3 Å². The lowest BCUT2D eigenvalue weighted by Gasteiger charge is -2.11. The number of aromatic nitrogens is 2. The molecule has 0 unspecified atom stereocenters. The molecule has 0 fully saturated rings. The normalized spacial score (nSPS) is 10.7. The smallest absolute Gasteiger partial charge is 0.353 e. The van der Waals surface area contributed by atoms with Crippen LogP contribution in [-0.4, -0.2) is 27.5 Å². The van der Waals surface area contributed by atoms with E-state index in [9.17, 15) is 23.7 Å². The number of halogens is 2. The third kappa shape index (κ3) is 5.50. The standard InChI is InChI=1S/C21H19F2N5O4/c1-12(2)10-32-21(29)13-3-6-15(7-4-13)26-19-18(28(30)31)20(25-11-24-19)27-17-8-5-14(22)9-16(17)23/h3-9,11-12H,10H2,1-2H3,(H2,24,25,26,27). The maximum absolute atomic E-state index is 13.9. The van der Waals surface area contributed by atoms with Crippen LogP contribution in [0.25, 0.3) is 0 Å². The second-order valence-electron chi connectivity index (χ2n) is 7.12. The average Bonchev–Trinajstić information content (AvgIpc) is 2.74. The summed E-state index contributed by atoms with van der Waals surface area (Å²) in [6.45, 7) is 4.13. The maximum Gasteiger partial charge on any atom is 0.353 e. The van der Waals surface area contributed by atoms with Gasteiger partial charge in [-0.15, -0.1) is 0 Å². The number of nitrogens with one attached hydrogen (secondary N) is 2. The molecule has 2 N–H and O–H groups in total. The number of carbonyl (C=O) groups excluding carboxylic acids is 1. The molecule has 3 aromatic rings. The van der Waals surface area contributed by atoms with Crippen LogP contribution in [0.1, 0.15) is 24.2 Å². The zero-order valence-corrected chi connectivity index (χ0v) is 17.1. The fourth-order valence-electron chi connectivity index (χ4n) is 2.61. The van der Waals surface area contributed by atoms with E-state index in [2.05, 4.69) is 20.6 Å². The molecule has 0 radical (unpaired) electrons. The highest BCUT2D eigenvalue weighted by atomic mass is 19.1. The molecule has 11 heteroatoms. The lowest BCUT2D eigenvalue weighted by atomic mass is 10.2. The van der Waals surface area contributed by atoms with Crippen molar-refractivity contribution in [1.82, 2.24) is 9.97 Å². The van der Waals surface area contributed by atoms with E-state index in [1.54, 1.807) is 0 Å². The third-order valence-corrected chi connectivity index (χ3v) is 4.12. The zero-order chi connectivity index (χ0) is 23.3. The Labute approximate surface area is 181 Å². The molecule has 0 saturated heterocycles. The highest BCUT2D eigenvalue weighted by Gasteiger charge is 2.24. The second-order valence-corrected chi connectivity index (χ2v) is 7.12. The van der Waals surface area contributed by atoms with Gasteiger partial charge in [-0.2, -0.15) is 0 Å². The van der Waals surface area contributed by atoms with Crippen molar-refractivity contribution in [3.05, 3.63) is 76.1 Å². The Hall–Kier alpha value is -4.15. The van der Waals surface area contributed by atoms with Crippen LogP contribution in [0.3, 0.4) is 0 Å². The van der Waals surface area contributed by atoms with Gasteiger partial charge in [-0.25, -0.2) is 23.5 Å². The quantitative estimate of drug-likeness (QED) is 0.285. The first-order chi connectivity index (χ1) is 15.2. The van der Waals surface area contributed by atoms with E-state index < -0.39 is 28.2 Å². The Morgan fingerprint density at radius 2 is 1.75 bits per heavy atom. The first-order valence-electron chi connectivity index (χ1n) is 9.50. The van der Waals surface area contributed by atoms with Gasteiger partial charge in [0.25, 0.3) is 0 Å². The summed E-state index contributed by atoms with van der Waals surface area (Å²) in [4.78, 5) is 30.6. The predicted octanol–water partition coefficient (Wildman–Crippen LogP) is 4.96. The number of hydrogen-bond donors (Lipinski definition) is 2. The van der Waals surface area contributed by atoms with E-state index in [0.717, 1.165) is 18.5 Å². The van der Waals surface area contributed by atoms with Gasteiger partial charge in [-0.3, -0.25) is 10.1 Å². The summed E-state index contributed by atoms with van der Waals surface area (Å²) in [5.74, 6) is -2.45. The molecule has 166 valence electrons. The minimum absolute atomic E-state index is 0.162. The van der Waals surface area contributed by atoms with Crippen molar-refractivity contribution in [3.8, 4) is 0 Å². The number of nitro groups is 1. The van der Waals surface area contributed by atoms with Crippen molar-refractivity contribution in [2.75, 3.05) is 17.2 Å². The van der Waals surface area contributed by atoms with Crippen molar-refractivity contribution < 1.29 is 23.2 Å². The van der Waals surface area contributed by atoms with E-state index in [1.807, 2.05) is 13.8 Å². The summed E-state index contributed by atoms with van der Waals surface area (Å²) in [6, 6.07) is 8.82. The molecule has 9 nitrogen and oxygen atoms in total. The number of esters is 1. The number of benzene rings is 2. The van der Waals surface area contributed by atoms with Crippen LogP contribution >= 0.6 is 0 Å². The summed E-state index contributed by atoms with van der Waals surface area (Å²) < 4.78 is 32.2. The van der Waals surface area contributed by atoms with Crippen LogP contribution in [0, 0.1) is 27.7 Å². The highest BCUT2D eigenvalue weighted by molar-refractivity contribution is 5.90. The fraction of sp³-hybridized carbons (Fsp3) is 0.190. The van der Waals surface area contributed by atoms with E-state index in [4.69, 9.17) is 4.74 Å². The minimum atomic E-state index is -0.938. The lowest BCUT2D eigenvalue weighted by Crippen LogP contribution is -2.10. The van der Waals surface area contributed by atoms with Gasteiger partial charge in [0.05, 0.1) is 22.8 Å². The fourth-order valence-corrected chi connectivity index (χ4v) is 2.61. The van der Waals surface area contributed by atoms with Crippen molar-refractivity contribution in [1.29, 1.82) is 0 Å². The number of hydrogen-bond acceptors (Lipinski definition) is 8. The number of nitrogens with zero attached hydrogens (tertiary/aromatic N) is 3. The first kappa shape index (κ1) is 22.5. The van der Waals surface area contributed by atoms with Crippen LogP contribution in [0.4, 0.5) is 37.5 Å². The molecule has 1 aromatic heterocycles. The van der Waals surface area contributed by atoms with Gasteiger partial charge >= 0.3 is 11.7 Å². The van der Waals surface area contributed by atoms with Crippen molar-refractivity contribution >= 4 is 34.7 Å². The van der Waals surface area contributed by atoms with E-state index >= 15 is 0 Å².